The van der Waals surface area contributed by atoms with Crippen LogP contribution in [0, 0.1) is 0 Å². The van der Waals surface area contributed by atoms with Crippen molar-refractivity contribution in [2.24, 2.45) is 0 Å². The molecule has 0 atom stereocenters. The van der Waals surface area contributed by atoms with Gasteiger partial charge in [0, 0.05) is 15.1 Å². The molecule has 0 bridgehead atoms. The van der Waals surface area contributed by atoms with Crippen LogP contribution in [-0.4, -0.2) is 21.1 Å². The quantitative estimate of drug-likeness (QED) is 0.776. The lowest BCUT2D eigenvalue weighted by atomic mass is 10.2. The highest BCUT2D eigenvalue weighted by Crippen LogP contribution is 2.36. The average Bonchev–Trinajstić information content (AvgIpc) is 3.04. The van der Waals surface area contributed by atoms with Crippen LogP contribution in [0.5, 0.6) is 0 Å². The van der Waals surface area contributed by atoms with E-state index in [0.717, 1.165) is 10.1 Å². The van der Waals surface area contributed by atoms with Gasteiger partial charge in [-0.2, -0.15) is 5.10 Å². The van der Waals surface area contributed by atoms with Gasteiger partial charge in [-0.25, -0.2) is 4.98 Å². The molecule has 0 radical (unpaired) electrons. The summed E-state index contributed by atoms with van der Waals surface area (Å²) >= 11 is 13.5. The third-order valence-corrected chi connectivity index (χ3v) is 4.57. The summed E-state index contributed by atoms with van der Waals surface area (Å²) in [7, 11) is 0. The molecule has 0 saturated heterocycles. The van der Waals surface area contributed by atoms with Crippen LogP contribution in [0.4, 0.5) is 0 Å². The molecule has 102 valence electrons. The minimum absolute atomic E-state index is 0.247. The smallest absolute Gasteiger partial charge is 0.263 e. The lowest BCUT2D eigenvalue weighted by molar-refractivity contribution is 0.0954. The third-order valence-electron chi connectivity index (χ3n) is 2.68. The van der Waals surface area contributed by atoms with E-state index in [2.05, 4.69) is 20.5 Å². The summed E-state index contributed by atoms with van der Waals surface area (Å²) in [5.74, 6) is 0.336. The first kappa shape index (κ1) is 13.4. The first-order valence-electron chi connectivity index (χ1n) is 5.65. The Labute approximate surface area is 127 Å². The van der Waals surface area contributed by atoms with Crippen LogP contribution in [0.15, 0.2) is 24.5 Å². The highest BCUT2D eigenvalue weighted by atomic mass is 35.5. The molecule has 0 aliphatic rings. The number of nitrogens with one attached hydrogen (secondary N) is 2. The van der Waals surface area contributed by atoms with Crippen LogP contribution >= 0.6 is 34.5 Å². The van der Waals surface area contributed by atoms with Gasteiger partial charge in [-0.15, -0.1) is 11.3 Å². The van der Waals surface area contributed by atoms with Crippen molar-refractivity contribution >= 4 is 50.5 Å². The Balaban J connectivity index is 1.85. The van der Waals surface area contributed by atoms with Crippen LogP contribution in [0.25, 0.3) is 10.1 Å². The number of aromatic amines is 1. The van der Waals surface area contributed by atoms with E-state index in [-0.39, 0.29) is 12.5 Å². The Morgan fingerprint density at radius 3 is 3.00 bits per heavy atom. The molecule has 1 aromatic carbocycles. The number of H-pyrrole nitrogens is 1. The van der Waals surface area contributed by atoms with Gasteiger partial charge < -0.3 is 5.32 Å². The van der Waals surface area contributed by atoms with Crippen molar-refractivity contribution < 1.29 is 4.79 Å². The molecule has 3 rings (SSSR count). The van der Waals surface area contributed by atoms with Gasteiger partial charge in [-0.3, -0.25) is 9.89 Å². The number of amides is 1. The van der Waals surface area contributed by atoms with Crippen LogP contribution in [0.1, 0.15) is 15.5 Å². The van der Waals surface area contributed by atoms with Crippen LogP contribution < -0.4 is 5.32 Å². The molecule has 2 aromatic heterocycles. The maximum absolute atomic E-state index is 12.1. The summed E-state index contributed by atoms with van der Waals surface area (Å²) in [6.45, 7) is 0.268. The third kappa shape index (κ3) is 2.49. The van der Waals surface area contributed by atoms with Crippen LogP contribution in [0.3, 0.4) is 0 Å². The molecule has 20 heavy (non-hydrogen) atoms. The standard InChI is InChI=1S/C12H8Cl2N4OS/c13-6-1-2-7-8(3-6)20-11(10(7)14)12(19)15-4-9-16-5-17-18-9/h1-3,5H,4H2,(H,15,19)(H,16,17,18). The maximum atomic E-state index is 12.1. The molecule has 3 aromatic rings. The largest absolute Gasteiger partial charge is 0.344 e. The molecule has 0 aliphatic carbocycles. The van der Waals surface area contributed by atoms with E-state index in [1.54, 1.807) is 12.1 Å². The van der Waals surface area contributed by atoms with Gasteiger partial charge >= 0.3 is 0 Å². The van der Waals surface area contributed by atoms with E-state index < -0.39 is 0 Å². The first-order valence-corrected chi connectivity index (χ1v) is 7.22. The molecule has 5 nitrogen and oxygen atoms in total. The Morgan fingerprint density at radius 1 is 1.40 bits per heavy atom. The lowest BCUT2D eigenvalue weighted by Crippen LogP contribution is -2.22. The van der Waals surface area contributed by atoms with E-state index in [9.17, 15) is 4.79 Å². The number of thiophene rings is 1. The number of halogens is 2. The topological polar surface area (TPSA) is 70.7 Å². The summed E-state index contributed by atoms with van der Waals surface area (Å²) < 4.78 is 0.882. The normalized spacial score (nSPS) is 10.9. The van der Waals surface area contributed by atoms with Crippen molar-refractivity contribution in [2.45, 2.75) is 6.54 Å². The predicted molar refractivity (Wildman–Crippen MR) is 79.4 cm³/mol. The molecule has 0 unspecified atom stereocenters. The van der Waals surface area contributed by atoms with Crippen molar-refractivity contribution in [3.8, 4) is 0 Å². The van der Waals surface area contributed by atoms with Crippen molar-refractivity contribution in [1.29, 1.82) is 0 Å². The molecular weight excluding hydrogens is 319 g/mol. The van der Waals surface area contributed by atoms with Gasteiger partial charge in [0.05, 0.1) is 11.6 Å². The van der Waals surface area contributed by atoms with Gasteiger partial charge in [0.2, 0.25) is 0 Å². The van der Waals surface area contributed by atoms with E-state index in [4.69, 9.17) is 23.2 Å². The van der Waals surface area contributed by atoms with E-state index in [1.165, 1.54) is 17.7 Å². The minimum Gasteiger partial charge on any atom is -0.344 e. The van der Waals surface area contributed by atoms with Gasteiger partial charge in [0.1, 0.15) is 17.0 Å². The van der Waals surface area contributed by atoms with Gasteiger partial charge in [0.15, 0.2) is 0 Å². The monoisotopic (exact) mass is 326 g/mol. The molecule has 2 N–H and O–H groups in total. The highest BCUT2D eigenvalue weighted by Gasteiger charge is 2.17. The van der Waals surface area contributed by atoms with Crippen LogP contribution in [-0.2, 0) is 6.54 Å². The highest BCUT2D eigenvalue weighted by molar-refractivity contribution is 7.21. The Bertz CT molecular complexity index is 769. The van der Waals surface area contributed by atoms with Crippen molar-refractivity contribution in [3.63, 3.8) is 0 Å². The maximum Gasteiger partial charge on any atom is 0.263 e. The zero-order chi connectivity index (χ0) is 14.1. The first-order chi connectivity index (χ1) is 9.65. The number of aromatic nitrogens is 3. The number of rotatable bonds is 3. The number of carbonyl (C=O) groups is 1. The molecular formula is C12H8Cl2N4OS. The Kier molecular flexibility index (Phi) is 3.60. The zero-order valence-electron chi connectivity index (χ0n) is 9.98. The van der Waals surface area contributed by atoms with E-state index in [0.29, 0.717) is 20.7 Å². The predicted octanol–water partition coefficient (Wildman–Crippen LogP) is 3.26. The molecule has 0 saturated carbocycles. The van der Waals surface area contributed by atoms with Crippen molar-refractivity contribution in [3.05, 3.63) is 45.3 Å². The van der Waals surface area contributed by atoms with E-state index >= 15 is 0 Å². The number of nitrogens with zero attached hydrogens (tertiary/aromatic N) is 2. The molecule has 0 fully saturated rings. The summed E-state index contributed by atoms with van der Waals surface area (Å²) in [5, 5.41) is 11.0. The lowest BCUT2D eigenvalue weighted by Gasteiger charge is -2.00. The fraction of sp³-hybridized carbons (Fsp3) is 0.0833. The second kappa shape index (κ2) is 5.40. The molecule has 1 amide bonds. The fourth-order valence-corrected chi connectivity index (χ4v) is 3.45. The minimum atomic E-state index is -0.247. The molecule has 8 heteroatoms. The molecule has 0 aliphatic heterocycles. The summed E-state index contributed by atoms with van der Waals surface area (Å²) in [4.78, 5) is 16.5. The second-order valence-electron chi connectivity index (χ2n) is 4.00. The van der Waals surface area contributed by atoms with E-state index in [1.807, 2.05) is 6.07 Å². The molecule has 0 spiro atoms. The van der Waals surface area contributed by atoms with Crippen molar-refractivity contribution in [1.82, 2.24) is 20.5 Å². The van der Waals surface area contributed by atoms with Gasteiger partial charge in [0.25, 0.3) is 5.91 Å². The summed E-state index contributed by atoms with van der Waals surface area (Å²) in [6.07, 6.45) is 1.38. The zero-order valence-corrected chi connectivity index (χ0v) is 12.3. The van der Waals surface area contributed by atoms with Crippen LogP contribution in [0.2, 0.25) is 10.0 Å². The average molecular weight is 327 g/mol. The Morgan fingerprint density at radius 2 is 2.25 bits per heavy atom. The number of carbonyl (C=O) groups excluding carboxylic acids is 1. The van der Waals surface area contributed by atoms with Crippen molar-refractivity contribution in [2.75, 3.05) is 0 Å². The number of benzene rings is 1. The number of fused-ring (bicyclic) bond motifs is 1. The number of hydrogen-bond donors (Lipinski definition) is 2. The van der Waals surface area contributed by atoms with Gasteiger partial charge in [-0.1, -0.05) is 29.3 Å². The molecule has 2 heterocycles. The summed E-state index contributed by atoms with van der Waals surface area (Å²) in [6, 6.07) is 5.35. The summed E-state index contributed by atoms with van der Waals surface area (Å²) in [5.41, 5.74) is 0. The fourth-order valence-electron chi connectivity index (χ4n) is 1.75. The second-order valence-corrected chi connectivity index (χ2v) is 5.87. The SMILES string of the molecule is O=C(NCc1ncn[nH]1)c1sc2cc(Cl)ccc2c1Cl. The van der Waals surface area contributed by atoms with Gasteiger partial charge in [-0.05, 0) is 12.1 Å². The number of hydrogen-bond acceptors (Lipinski definition) is 4. The Hall–Kier alpha value is -1.63.